The van der Waals surface area contributed by atoms with Crippen LogP contribution in [0.15, 0.2) is 30.3 Å². The number of hydrogen-bond acceptors (Lipinski definition) is 2. The average Bonchev–Trinajstić information content (AvgIpc) is 3.00. The Balaban J connectivity index is 1.79. The van der Waals surface area contributed by atoms with E-state index in [2.05, 4.69) is 0 Å². The molecule has 0 radical (unpaired) electrons. The zero-order valence-corrected chi connectivity index (χ0v) is 12.9. The Kier molecular flexibility index (Phi) is 3.91. The maximum atomic E-state index is 12.7. The summed E-state index contributed by atoms with van der Waals surface area (Å²) in [5.41, 5.74) is 1.19. The third-order valence-corrected chi connectivity index (χ3v) is 4.97. The summed E-state index contributed by atoms with van der Waals surface area (Å²) in [5.74, 6) is -0.201. The van der Waals surface area contributed by atoms with Gasteiger partial charge in [-0.2, -0.15) is 13.2 Å². The number of thiophene rings is 1. The first-order valence-electron chi connectivity index (χ1n) is 6.59. The van der Waals surface area contributed by atoms with Crippen LogP contribution in [-0.2, 0) is 23.8 Å². The molecule has 2 heterocycles. The molecule has 0 spiro atoms. The van der Waals surface area contributed by atoms with E-state index in [1.54, 1.807) is 24.3 Å². The van der Waals surface area contributed by atoms with Gasteiger partial charge < -0.3 is 4.90 Å². The first kappa shape index (κ1) is 15.4. The fraction of sp³-hybridized carbons (Fsp3) is 0.267. The molecule has 0 saturated carbocycles. The quantitative estimate of drug-likeness (QED) is 0.781. The second-order valence-corrected chi connectivity index (χ2v) is 6.59. The van der Waals surface area contributed by atoms with Gasteiger partial charge in [-0.3, -0.25) is 4.79 Å². The molecule has 1 aliphatic rings. The van der Waals surface area contributed by atoms with Crippen LogP contribution < -0.4 is 4.90 Å². The molecule has 1 aromatic heterocycles. The van der Waals surface area contributed by atoms with Crippen molar-refractivity contribution in [3.63, 3.8) is 0 Å². The largest absolute Gasteiger partial charge is 0.425 e. The van der Waals surface area contributed by atoms with Crippen LogP contribution in [0.2, 0.25) is 5.02 Å². The molecule has 0 bridgehead atoms. The number of amides is 1. The number of carbonyl (C=O) groups is 1. The van der Waals surface area contributed by atoms with Crippen LogP contribution in [0.3, 0.4) is 0 Å². The molecule has 1 aliphatic heterocycles. The number of fused-ring (bicyclic) bond motifs is 1. The third-order valence-electron chi connectivity index (χ3n) is 3.49. The van der Waals surface area contributed by atoms with E-state index in [9.17, 15) is 18.0 Å². The summed E-state index contributed by atoms with van der Waals surface area (Å²) in [6.45, 7) is 0.436. The number of anilines is 1. The molecule has 0 aliphatic carbocycles. The molecule has 116 valence electrons. The maximum Gasteiger partial charge on any atom is 0.425 e. The first-order chi connectivity index (χ1) is 10.3. The van der Waals surface area contributed by atoms with Crippen LogP contribution in [0.1, 0.15) is 15.3 Å². The number of benzene rings is 1. The lowest BCUT2D eigenvalue weighted by molar-refractivity contribution is -0.134. The molecule has 1 aromatic carbocycles. The number of halogens is 4. The van der Waals surface area contributed by atoms with E-state index in [0.29, 0.717) is 28.6 Å². The zero-order valence-electron chi connectivity index (χ0n) is 11.3. The van der Waals surface area contributed by atoms with E-state index in [1.165, 1.54) is 4.90 Å². The predicted molar refractivity (Wildman–Crippen MR) is 80.5 cm³/mol. The topological polar surface area (TPSA) is 20.3 Å². The highest BCUT2D eigenvalue weighted by Crippen LogP contribution is 2.43. The van der Waals surface area contributed by atoms with Crippen molar-refractivity contribution >= 4 is 34.5 Å². The van der Waals surface area contributed by atoms with Crippen LogP contribution in [0.25, 0.3) is 0 Å². The van der Waals surface area contributed by atoms with Crippen LogP contribution in [0.5, 0.6) is 0 Å². The molecule has 2 aromatic rings. The number of alkyl halides is 3. The molecule has 2 nitrogen and oxygen atoms in total. The normalized spacial score (nSPS) is 14.3. The molecule has 0 N–H and O–H groups in total. The monoisotopic (exact) mass is 345 g/mol. The van der Waals surface area contributed by atoms with Gasteiger partial charge in [-0.15, -0.1) is 11.3 Å². The van der Waals surface area contributed by atoms with Gasteiger partial charge in [0.2, 0.25) is 5.91 Å². The van der Waals surface area contributed by atoms with Gasteiger partial charge in [0.15, 0.2) is 0 Å². The lowest BCUT2D eigenvalue weighted by Gasteiger charge is -2.16. The summed E-state index contributed by atoms with van der Waals surface area (Å²) < 4.78 is 38.2. The molecule has 7 heteroatoms. The van der Waals surface area contributed by atoms with E-state index in [1.807, 2.05) is 0 Å². The van der Waals surface area contributed by atoms with Crippen molar-refractivity contribution in [3.05, 3.63) is 50.7 Å². The van der Waals surface area contributed by atoms with E-state index < -0.39 is 11.1 Å². The second-order valence-electron chi connectivity index (χ2n) is 5.02. The standard InChI is InChI=1S/C15H11ClF3NOS/c16-10-3-1-9(2-4-10)7-14(21)20-6-5-12-11(20)8-13(22-12)15(17,18)19/h1-4,8H,5-7H2. The maximum absolute atomic E-state index is 12.7. The van der Waals surface area contributed by atoms with Crippen molar-refractivity contribution in [2.24, 2.45) is 0 Å². The van der Waals surface area contributed by atoms with Crippen molar-refractivity contribution in [1.29, 1.82) is 0 Å². The fourth-order valence-electron chi connectivity index (χ4n) is 2.43. The van der Waals surface area contributed by atoms with Gasteiger partial charge in [0.25, 0.3) is 0 Å². The molecule has 0 unspecified atom stereocenters. The Bertz CT molecular complexity index is 709. The predicted octanol–water partition coefficient (Wildman–Crippen LogP) is 4.55. The van der Waals surface area contributed by atoms with Crippen molar-refractivity contribution in [3.8, 4) is 0 Å². The highest BCUT2D eigenvalue weighted by molar-refractivity contribution is 7.12. The lowest BCUT2D eigenvalue weighted by Crippen LogP contribution is -2.30. The van der Waals surface area contributed by atoms with Gasteiger partial charge in [0, 0.05) is 22.9 Å². The van der Waals surface area contributed by atoms with Crippen molar-refractivity contribution < 1.29 is 18.0 Å². The van der Waals surface area contributed by atoms with E-state index in [0.717, 1.165) is 23.0 Å². The van der Waals surface area contributed by atoms with Crippen molar-refractivity contribution in [2.45, 2.75) is 19.0 Å². The Labute approximate surface area is 134 Å². The third kappa shape index (κ3) is 2.98. The van der Waals surface area contributed by atoms with Crippen molar-refractivity contribution in [1.82, 2.24) is 0 Å². The molecule has 0 saturated heterocycles. The fourth-order valence-corrected chi connectivity index (χ4v) is 3.58. The Morgan fingerprint density at radius 1 is 1.27 bits per heavy atom. The van der Waals surface area contributed by atoms with Crippen molar-refractivity contribution in [2.75, 3.05) is 11.4 Å². The summed E-state index contributed by atoms with van der Waals surface area (Å²) in [6, 6.07) is 7.93. The summed E-state index contributed by atoms with van der Waals surface area (Å²) >= 11 is 6.51. The Hall–Kier alpha value is -1.53. The molecule has 3 rings (SSSR count). The molecule has 0 atom stereocenters. The number of carbonyl (C=O) groups excluding carboxylic acids is 1. The van der Waals surface area contributed by atoms with Crippen LogP contribution >= 0.6 is 22.9 Å². The highest BCUT2D eigenvalue weighted by atomic mass is 35.5. The van der Waals surface area contributed by atoms with E-state index in [-0.39, 0.29) is 12.3 Å². The second kappa shape index (κ2) is 5.59. The van der Waals surface area contributed by atoms with Crippen LogP contribution in [-0.4, -0.2) is 12.5 Å². The Morgan fingerprint density at radius 3 is 2.59 bits per heavy atom. The Morgan fingerprint density at radius 2 is 1.95 bits per heavy atom. The van der Waals surface area contributed by atoms with E-state index in [4.69, 9.17) is 11.6 Å². The summed E-state index contributed by atoms with van der Waals surface area (Å²) in [6.07, 6.45) is -3.74. The molecule has 0 fully saturated rings. The minimum atomic E-state index is -4.36. The minimum absolute atomic E-state index is 0.147. The van der Waals surface area contributed by atoms with Crippen LogP contribution in [0.4, 0.5) is 18.9 Å². The van der Waals surface area contributed by atoms with Gasteiger partial charge in [-0.05, 0) is 23.8 Å². The average molecular weight is 346 g/mol. The first-order valence-corrected chi connectivity index (χ1v) is 7.79. The zero-order chi connectivity index (χ0) is 15.9. The summed E-state index contributed by atoms with van der Waals surface area (Å²) in [7, 11) is 0. The van der Waals surface area contributed by atoms with Gasteiger partial charge in [0.05, 0.1) is 12.1 Å². The summed E-state index contributed by atoms with van der Waals surface area (Å²) in [5, 5.41) is 0.576. The van der Waals surface area contributed by atoms with Gasteiger partial charge in [-0.1, -0.05) is 23.7 Å². The molecular formula is C15H11ClF3NOS. The number of nitrogens with zero attached hydrogens (tertiary/aromatic N) is 1. The van der Waals surface area contributed by atoms with E-state index >= 15 is 0 Å². The van der Waals surface area contributed by atoms with Gasteiger partial charge >= 0.3 is 6.18 Å². The minimum Gasteiger partial charge on any atom is -0.311 e. The van der Waals surface area contributed by atoms with Gasteiger partial charge in [-0.25, -0.2) is 0 Å². The SMILES string of the molecule is O=C(Cc1ccc(Cl)cc1)N1CCc2sc(C(F)(F)F)cc21. The smallest absolute Gasteiger partial charge is 0.311 e. The van der Waals surface area contributed by atoms with Crippen LogP contribution in [0, 0.1) is 0 Å². The highest BCUT2D eigenvalue weighted by Gasteiger charge is 2.37. The molecular weight excluding hydrogens is 335 g/mol. The molecule has 1 amide bonds. The lowest BCUT2D eigenvalue weighted by atomic mass is 10.1. The molecule has 22 heavy (non-hydrogen) atoms. The number of hydrogen-bond donors (Lipinski definition) is 0. The summed E-state index contributed by atoms with van der Waals surface area (Å²) in [4.78, 5) is 13.7. The number of rotatable bonds is 2. The van der Waals surface area contributed by atoms with Gasteiger partial charge in [0.1, 0.15) is 4.88 Å².